The van der Waals surface area contributed by atoms with Gasteiger partial charge >= 0.3 is 0 Å². The van der Waals surface area contributed by atoms with E-state index in [9.17, 15) is 5.11 Å². The largest absolute Gasteiger partial charge is 0.508 e. The third-order valence-corrected chi connectivity index (χ3v) is 2.20. The van der Waals surface area contributed by atoms with Crippen molar-refractivity contribution in [3.05, 3.63) is 48.0 Å². The Bertz CT molecular complexity index is 564. The van der Waals surface area contributed by atoms with Crippen LogP contribution in [0.5, 0.6) is 5.75 Å². The molecule has 0 unspecified atom stereocenters. The first-order valence-electron chi connectivity index (χ1n) is 4.58. The Morgan fingerprint density at radius 3 is 2.67 bits per heavy atom. The molecule has 0 heterocycles. The number of hydrogen-bond donors (Lipinski definition) is 1. The van der Waals surface area contributed by atoms with Crippen LogP contribution in [0.3, 0.4) is 0 Å². The average Bonchev–Trinajstić information content (AvgIpc) is 2.25. The first kappa shape index (κ1) is 9.29. The number of nitriles is 1. The van der Waals surface area contributed by atoms with Gasteiger partial charge in [-0.05, 0) is 40.6 Å². The minimum Gasteiger partial charge on any atom is -0.508 e. The molecule has 2 heteroatoms. The Morgan fingerprint density at radius 1 is 1.07 bits per heavy atom. The van der Waals surface area contributed by atoms with Crippen molar-refractivity contribution in [2.24, 2.45) is 0 Å². The van der Waals surface area contributed by atoms with Gasteiger partial charge in [0.1, 0.15) is 5.75 Å². The summed E-state index contributed by atoms with van der Waals surface area (Å²) >= 11 is 0. The van der Waals surface area contributed by atoms with Crippen LogP contribution in [0.15, 0.2) is 42.5 Å². The lowest BCUT2D eigenvalue weighted by Gasteiger charge is -2.00. The van der Waals surface area contributed by atoms with E-state index in [4.69, 9.17) is 5.26 Å². The van der Waals surface area contributed by atoms with Crippen molar-refractivity contribution in [1.29, 1.82) is 5.26 Å². The number of rotatable bonds is 1. The average molecular weight is 195 g/mol. The summed E-state index contributed by atoms with van der Waals surface area (Å²) in [6.07, 6.45) is 3.17. The molecule has 0 atom stereocenters. The zero-order valence-corrected chi connectivity index (χ0v) is 8.01. The molecule has 0 amide bonds. The van der Waals surface area contributed by atoms with Crippen LogP contribution in [0.1, 0.15) is 5.56 Å². The first-order chi connectivity index (χ1) is 7.29. The summed E-state index contributed by atoms with van der Waals surface area (Å²) in [5, 5.41) is 19.8. The van der Waals surface area contributed by atoms with Crippen molar-refractivity contribution in [1.82, 2.24) is 0 Å². The lowest BCUT2D eigenvalue weighted by Crippen LogP contribution is -1.75. The van der Waals surface area contributed by atoms with Crippen molar-refractivity contribution in [3.8, 4) is 11.8 Å². The van der Waals surface area contributed by atoms with Gasteiger partial charge in [-0.1, -0.05) is 18.2 Å². The van der Waals surface area contributed by atoms with Gasteiger partial charge in [-0.2, -0.15) is 5.26 Å². The molecule has 1 N–H and O–H groups in total. The number of phenols is 1. The van der Waals surface area contributed by atoms with E-state index in [0.29, 0.717) is 0 Å². The van der Waals surface area contributed by atoms with Gasteiger partial charge in [0.25, 0.3) is 0 Å². The second kappa shape index (κ2) is 3.85. The predicted molar refractivity (Wildman–Crippen MR) is 60.3 cm³/mol. The number of nitrogens with zero attached hydrogens (tertiary/aromatic N) is 1. The summed E-state index contributed by atoms with van der Waals surface area (Å²) in [6.45, 7) is 0. The Labute approximate surface area is 87.7 Å². The van der Waals surface area contributed by atoms with Crippen LogP contribution in [0.25, 0.3) is 16.8 Å². The Balaban J connectivity index is 2.55. The standard InChI is InChI=1S/C13H9NO/c14-7-1-2-10-3-4-11-5-6-13(15)9-12(11)8-10/h1-6,8-9,15H. The fourth-order valence-corrected chi connectivity index (χ4v) is 1.49. The Hall–Kier alpha value is -2.27. The molecule has 15 heavy (non-hydrogen) atoms. The quantitative estimate of drug-likeness (QED) is 0.710. The van der Waals surface area contributed by atoms with Gasteiger partial charge in [-0.15, -0.1) is 0 Å². The lowest BCUT2D eigenvalue weighted by molar-refractivity contribution is 0.476. The van der Waals surface area contributed by atoms with Crippen molar-refractivity contribution in [3.63, 3.8) is 0 Å². The van der Waals surface area contributed by atoms with Crippen LogP contribution < -0.4 is 0 Å². The number of aromatic hydroxyl groups is 1. The highest BCUT2D eigenvalue weighted by Gasteiger charge is 1.95. The van der Waals surface area contributed by atoms with E-state index in [1.54, 1.807) is 18.2 Å². The van der Waals surface area contributed by atoms with E-state index >= 15 is 0 Å². The molecule has 0 aliphatic heterocycles. The van der Waals surface area contributed by atoms with Gasteiger partial charge in [0.15, 0.2) is 0 Å². The molecule has 0 spiro atoms. The minimum absolute atomic E-state index is 0.254. The molecule has 2 aromatic carbocycles. The predicted octanol–water partition coefficient (Wildman–Crippen LogP) is 3.08. The van der Waals surface area contributed by atoms with Crippen LogP contribution in [-0.2, 0) is 0 Å². The molecule has 2 nitrogen and oxygen atoms in total. The van der Waals surface area contributed by atoms with Crippen LogP contribution >= 0.6 is 0 Å². The molecular weight excluding hydrogens is 186 g/mol. The normalized spacial score (nSPS) is 10.6. The van der Waals surface area contributed by atoms with Crippen LogP contribution in [0.2, 0.25) is 0 Å². The van der Waals surface area contributed by atoms with Crippen molar-refractivity contribution in [2.75, 3.05) is 0 Å². The highest BCUT2D eigenvalue weighted by Crippen LogP contribution is 2.21. The van der Waals surface area contributed by atoms with Crippen molar-refractivity contribution >= 4 is 16.8 Å². The summed E-state index contributed by atoms with van der Waals surface area (Å²) < 4.78 is 0. The second-order valence-corrected chi connectivity index (χ2v) is 3.25. The fourth-order valence-electron chi connectivity index (χ4n) is 1.49. The van der Waals surface area contributed by atoms with E-state index in [1.165, 1.54) is 6.08 Å². The Kier molecular flexibility index (Phi) is 2.38. The van der Waals surface area contributed by atoms with E-state index < -0.39 is 0 Å². The van der Waals surface area contributed by atoms with Gasteiger partial charge in [-0.3, -0.25) is 0 Å². The molecular formula is C13H9NO. The molecule has 0 aliphatic carbocycles. The van der Waals surface area contributed by atoms with Crippen molar-refractivity contribution in [2.45, 2.75) is 0 Å². The van der Waals surface area contributed by atoms with E-state index in [1.807, 2.05) is 30.3 Å². The third-order valence-electron chi connectivity index (χ3n) is 2.20. The Morgan fingerprint density at radius 2 is 1.87 bits per heavy atom. The maximum atomic E-state index is 9.33. The molecule has 72 valence electrons. The number of phenolic OH excluding ortho intramolecular Hbond substituents is 1. The highest BCUT2D eigenvalue weighted by atomic mass is 16.3. The van der Waals surface area contributed by atoms with E-state index in [2.05, 4.69) is 0 Å². The van der Waals surface area contributed by atoms with Gasteiger partial charge in [0.05, 0.1) is 6.07 Å². The molecule has 0 radical (unpaired) electrons. The summed E-state index contributed by atoms with van der Waals surface area (Å²) in [5.74, 6) is 0.254. The summed E-state index contributed by atoms with van der Waals surface area (Å²) in [6, 6.07) is 13.0. The first-order valence-corrected chi connectivity index (χ1v) is 4.58. The third kappa shape index (κ3) is 1.97. The van der Waals surface area contributed by atoms with Gasteiger partial charge < -0.3 is 5.11 Å². The maximum absolute atomic E-state index is 9.33. The molecule has 0 saturated heterocycles. The molecule has 2 rings (SSSR count). The second-order valence-electron chi connectivity index (χ2n) is 3.25. The fraction of sp³-hybridized carbons (Fsp3) is 0. The molecule has 0 fully saturated rings. The smallest absolute Gasteiger partial charge is 0.116 e. The summed E-state index contributed by atoms with van der Waals surface area (Å²) in [4.78, 5) is 0. The van der Waals surface area contributed by atoms with E-state index in [0.717, 1.165) is 16.3 Å². The zero-order chi connectivity index (χ0) is 10.7. The number of hydrogen-bond acceptors (Lipinski definition) is 2. The van der Waals surface area contributed by atoms with Gasteiger partial charge in [-0.25, -0.2) is 0 Å². The number of fused-ring (bicyclic) bond motifs is 1. The summed E-state index contributed by atoms with van der Waals surface area (Å²) in [7, 11) is 0. The van der Waals surface area contributed by atoms with E-state index in [-0.39, 0.29) is 5.75 Å². The monoisotopic (exact) mass is 195 g/mol. The molecule has 0 aliphatic rings. The van der Waals surface area contributed by atoms with Crippen LogP contribution in [-0.4, -0.2) is 5.11 Å². The molecule has 2 aromatic rings. The van der Waals surface area contributed by atoms with Crippen LogP contribution in [0.4, 0.5) is 0 Å². The molecule has 0 aromatic heterocycles. The molecule has 0 saturated carbocycles. The highest BCUT2D eigenvalue weighted by molar-refractivity contribution is 5.86. The minimum atomic E-state index is 0.254. The zero-order valence-electron chi connectivity index (χ0n) is 8.01. The van der Waals surface area contributed by atoms with Crippen molar-refractivity contribution < 1.29 is 5.11 Å². The topological polar surface area (TPSA) is 44.0 Å². The lowest BCUT2D eigenvalue weighted by atomic mass is 10.1. The molecule has 0 bridgehead atoms. The van der Waals surface area contributed by atoms with Gasteiger partial charge in [0, 0.05) is 6.08 Å². The maximum Gasteiger partial charge on any atom is 0.116 e. The van der Waals surface area contributed by atoms with Gasteiger partial charge in [0.2, 0.25) is 0 Å². The van der Waals surface area contributed by atoms with Crippen LogP contribution in [0, 0.1) is 11.3 Å². The number of benzene rings is 2. The summed E-state index contributed by atoms with van der Waals surface area (Å²) in [5.41, 5.74) is 0.953. The SMILES string of the molecule is N#CC=Cc1ccc2ccc(O)cc2c1. The number of allylic oxidation sites excluding steroid dienone is 1.